The first-order valence-electron chi connectivity index (χ1n) is 10.0. The second kappa shape index (κ2) is 9.62. The van der Waals surface area contributed by atoms with Crippen molar-refractivity contribution in [3.63, 3.8) is 0 Å². The smallest absolute Gasteiger partial charge is 0.227 e. The second-order valence-electron chi connectivity index (χ2n) is 7.73. The van der Waals surface area contributed by atoms with Gasteiger partial charge in [-0.3, -0.25) is 9.79 Å². The molecule has 1 heterocycles. The summed E-state index contributed by atoms with van der Waals surface area (Å²) in [4.78, 5) is 21.7. The predicted molar refractivity (Wildman–Crippen MR) is 113 cm³/mol. The molecule has 27 heavy (non-hydrogen) atoms. The molecule has 2 N–H and O–H groups in total. The second-order valence-corrected chi connectivity index (χ2v) is 7.73. The van der Waals surface area contributed by atoms with E-state index in [1.165, 1.54) is 11.3 Å². The number of nitrogens with zero attached hydrogens (tertiary/aromatic N) is 3. The lowest BCUT2D eigenvalue weighted by Crippen LogP contribution is -2.53. The highest BCUT2D eigenvalue weighted by Crippen LogP contribution is 2.19. The van der Waals surface area contributed by atoms with Crippen LogP contribution < -0.4 is 15.5 Å². The van der Waals surface area contributed by atoms with Crippen LogP contribution in [0.25, 0.3) is 0 Å². The topological polar surface area (TPSA) is 60.0 Å². The molecular formula is C21H35N5O. The van der Waals surface area contributed by atoms with Crippen LogP contribution >= 0.6 is 0 Å². The van der Waals surface area contributed by atoms with Crippen LogP contribution in [0.5, 0.6) is 0 Å². The Morgan fingerprint density at radius 3 is 2.37 bits per heavy atom. The maximum atomic E-state index is 12.2. The molecule has 0 atom stereocenters. The fourth-order valence-corrected chi connectivity index (χ4v) is 3.17. The van der Waals surface area contributed by atoms with E-state index < -0.39 is 5.41 Å². The molecule has 0 saturated carbocycles. The van der Waals surface area contributed by atoms with Crippen LogP contribution in [0.15, 0.2) is 29.3 Å². The first kappa shape index (κ1) is 21.1. The van der Waals surface area contributed by atoms with Crippen molar-refractivity contribution >= 4 is 17.6 Å². The van der Waals surface area contributed by atoms with Gasteiger partial charge in [-0.15, -0.1) is 0 Å². The van der Waals surface area contributed by atoms with Crippen LogP contribution in [-0.2, 0) is 4.79 Å². The molecule has 1 aromatic carbocycles. The molecule has 1 amide bonds. The molecule has 150 valence electrons. The summed E-state index contributed by atoms with van der Waals surface area (Å²) in [7, 11) is 0. The van der Waals surface area contributed by atoms with Crippen LogP contribution in [0.2, 0.25) is 0 Å². The number of benzene rings is 1. The lowest BCUT2D eigenvalue weighted by molar-refractivity contribution is -0.128. The van der Waals surface area contributed by atoms with Gasteiger partial charge in [0.2, 0.25) is 5.91 Å². The van der Waals surface area contributed by atoms with E-state index in [0.29, 0.717) is 13.1 Å². The van der Waals surface area contributed by atoms with Gasteiger partial charge in [-0.25, -0.2) is 0 Å². The third-order valence-electron chi connectivity index (χ3n) is 4.86. The van der Waals surface area contributed by atoms with Crippen LogP contribution in [0.3, 0.4) is 0 Å². The van der Waals surface area contributed by atoms with E-state index in [9.17, 15) is 4.79 Å². The van der Waals surface area contributed by atoms with Crippen molar-refractivity contribution in [2.24, 2.45) is 10.4 Å². The Hall–Kier alpha value is -2.24. The van der Waals surface area contributed by atoms with Crippen molar-refractivity contribution in [3.05, 3.63) is 29.8 Å². The molecule has 2 rings (SSSR count). The van der Waals surface area contributed by atoms with Crippen molar-refractivity contribution in [3.8, 4) is 0 Å². The number of guanidine groups is 1. The van der Waals surface area contributed by atoms with E-state index in [-0.39, 0.29) is 5.91 Å². The number of nitrogens with one attached hydrogen (secondary N) is 2. The maximum absolute atomic E-state index is 12.2. The Morgan fingerprint density at radius 2 is 1.78 bits per heavy atom. The first-order chi connectivity index (χ1) is 12.9. The molecular weight excluding hydrogens is 338 g/mol. The monoisotopic (exact) mass is 373 g/mol. The summed E-state index contributed by atoms with van der Waals surface area (Å²) in [6, 6.07) is 8.67. The van der Waals surface area contributed by atoms with E-state index in [1.54, 1.807) is 0 Å². The molecule has 0 unspecified atom stereocenters. The molecule has 6 heteroatoms. The Morgan fingerprint density at radius 1 is 1.11 bits per heavy atom. The van der Waals surface area contributed by atoms with E-state index >= 15 is 0 Å². The highest BCUT2D eigenvalue weighted by atomic mass is 16.2. The summed E-state index contributed by atoms with van der Waals surface area (Å²) in [5, 5.41) is 6.29. The van der Waals surface area contributed by atoms with E-state index in [4.69, 9.17) is 4.99 Å². The summed E-state index contributed by atoms with van der Waals surface area (Å²) in [6.45, 7) is 15.7. The number of anilines is 1. The Labute approximate surface area is 164 Å². The fraction of sp³-hybridized carbons (Fsp3) is 0.619. The largest absolute Gasteiger partial charge is 0.368 e. The van der Waals surface area contributed by atoms with Gasteiger partial charge in [0.05, 0.1) is 12.0 Å². The Balaban J connectivity index is 2.00. The third-order valence-corrected chi connectivity index (χ3v) is 4.86. The summed E-state index contributed by atoms with van der Waals surface area (Å²) >= 11 is 0. The highest BCUT2D eigenvalue weighted by Gasteiger charge is 2.28. The van der Waals surface area contributed by atoms with Crippen LogP contribution in [-0.4, -0.2) is 62.6 Å². The van der Waals surface area contributed by atoms with Crippen molar-refractivity contribution in [2.75, 3.05) is 50.7 Å². The molecule has 1 aromatic rings. The normalized spacial score (nSPS) is 15.7. The molecule has 0 spiro atoms. The molecule has 1 aliphatic rings. The van der Waals surface area contributed by atoms with Crippen molar-refractivity contribution in [1.29, 1.82) is 0 Å². The van der Waals surface area contributed by atoms with Gasteiger partial charge >= 0.3 is 0 Å². The number of hydrogen-bond donors (Lipinski definition) is 2. The maximum Gasteiger partial charge on any atom is 0.227 e. The summed E-state index contributed by atoms with van der Waals surface area (Å²) in [5.74, 6) is 0.952. The lowest BCUT2D eigenvalue weighted by Gasteiger charge is -2.38. The predicted octanol–water partition coefficient (Wildman–Crippen LogP) is 2.24. The Bertz CT molecular complexity index is 648. The van der Waals surface area contributed by atoms with Gasteiger partial charge < -0.3 is 20.4 Å². The standard InChI is InChI=1S/C21H35N5O/c1-6-22-19(27)21(4,5)16-24-20(23-7-2)26-13-11-25(12-14-26)18-10-8-9-17(3)15-18/h8-10,15H,6-7,11-14,16H2,1-5H3,(H,22,27)(H,23,24). The number of aliphatic imine (C=N–C) groups is 1. The molecule has 0 radical (unpaired) electrons. The summed E-state index contributed by atoms with van der Waals surface area (Å²) < 4.78 is 0. The first-order valence-corrected chi connectivity index (χ1v) is 10.0. The molecule has 0 aliphatic carbocycles. The summed E-state index contributed by atoms with van der Waals surface area (Å²) in [6.07, 6.45) is 0. The van der Waals surface area contributed by atoms with Gasteiger partial charge in [0, 0.05) is 45.0 Å². The number of hydrogen-bond acceptors (Lipinski definition) is 3. The number of piperazine rings is 1. The van der Waals surface area contributed by atoms with E-state index in [1.807, 2.05) is 20.8 Å². The van der Waals surface area contributed by atoms with E-state index in [0.717, 1.165) is 38.7 Å². The molecule has 1 saturated heterocycles. The van der Waals surface area contributed by atoms with Gasteiger partial charge in [-0.1, -0.05) is 12.1 Å². The number of rotatable bonds is 6. The zero-order chi connectivity index (χ0) is 19.9. The number of aryl methyl sites for hydroxylation is 1. The fourth-order valence-electron chi connectivity index (χ4n) is 3.17. The average molecular weight is 374 g/mol. The SMILES string of the molecule is CCNC(=O)C(C)(C)CN=C(NCC)N1CCN(c2cccc(C)c2)CC1. The minimum absolute atomic E-state index is 0.0499. The number of carbonyl (C=O) groups excluding carboxylic acids is 1. The Kier molecular flexibility index (Phi) is 7.51. The molecule has 0 bridgehead atoms. The quantitative estimate of drug-likeness (QED) is 0.593. The minimum atomic E-state index is -0.514. The zero-order valence-corrected chi connectivity index (χ0v) is 17.5. The van der Waals surface area contributed by atoms with Gasteiger partial charge in [0.25, 0.3) is 0 Å². The molecule has 0 aromatic heterocycles. The van der Waals surface area contributed by atoms with Crippen LogP contribution in [0.1, 0.15) is 33.3 Å². The molecule has 1 aliphatic heterocycles. The van der Waals surface area contributed by atoms with Crippen molar-refractivity contribution in [1.82, 2.24) is 15.5 Å². The molecule has 6 nitrogen and oxygen atoms in total. The number of carbonyl (C=O) groups is 1. The third kappa shape index (κ3) is 5.88. The van der Waals surface area contributed by atoms with Gasteiger partial charge in [-0.2, -0.15) is 0 Å². The number of amides is 1. The minimum Gasteiger partial charge on any atom is -0.368 e. The van der Waals surface area contributed by atoms with E-state index in [2.05, 4.69) is 58.5 Å². The van der Waals surface area contributed by atoms with Crippen LogP contribution in [0, 0.1) is 12.3 Å². The summed E-state index contributed by atoms with van der Waals surface area (Å²) in [5.41, 5.74) is 2.06. The van der Waals surface area contributed by atoms with Gasteiger partial charge in [-0.05, 0) is 52.3 Å². The zero-order valence-electron chi connectivity index (χ0n) is 17.5. The van der Waals surface area contributed by atoms with Gasteiger partial charge in [0.15, 0.2) is 5.96 Å². The van der Waals surface area contributed by atoms with Crippen molar-refractivity contribution < 1.29 is 4.79 Å². The van der Waals surface area contributed by atoms with Crippen molar-refractivity contribution in [2.45, 2.75) is 34.6 Å². The van der Waals surface area contributed by atoms with Crippen LogP contribution in [0.4, 0.5) is 5.69 Å². The average Bonchev–Trinajstić information content (AvgIpc) is 2.65. The lowest BCUT2D eigenvalue weighted by atomic mass is 9.92. The van der Waals surface area contributed by atoms with Gasteiger partial charge in [0.1, 0.15) is 0 Å². The highest BCUT2D eigenvalue weighted by molar-refractivity contribution is 5.84. The molecule has 1 fully saturated rings.